The van der Waals surface area contributed by atoms with Crippen molar-refractivity contribution < 1.29 is 4.79 Å². The molecular formula is C8H18N2O. The van der Waals surface area contributed by atoms with Crippen LogP contribution in [0.5, 0.6) is 0 Å². The molecule has 11 heavy (non-hydrogen) atoms. The molecule has 3 N–H and O–H groups in total. The fourth-order valence-corrected chi connectivity index (χ4v) is 0.889. The number of carbonyl (C=O) groups excluding carboxylic acids is 1. The molecule has 0 radical (unpaired) electrons. The van der Waals surface area contributed by atoms with Gasteiger partial charge in [0, 0.05) is 6.54 Å². The van der Waals surface area contributed by atoms with Crippen molar-refractivity contribution in [3.8, 4) is 0 Å². The Labute approximate surface area is 68.3 Å². The van der Waals surface area contributed by atoms with Gasteiger partial charge in [-0.25, -0.2) is 4.79 Å². The molecule has 0 fully saturated rings. The van der Waals surface area contributed by atoms with E-state index in [0.717, 1.165) is 18.8 Å². The van der Waals surface area contributed by atoms with Gasteiger partial charge in [0.2, 0.25) is 0 Å². The zero-order valence-corrected chi connectivity index (χ0v) is 7.39. The molecule has 2 amide bonds. The lowest BCUT2D eigenvalue weighted by atomic mass is 10.1. The van der Waals surface area contributed by atoms with Gasteiger partial charge in [-0.05, 0) is 12.3 Å². The van der Waals surface area contributed by atoms with Gasteiger partial charge in [0.15, 0.2) is 0 Å². The second kappa shape index (κ2) is 6.01. The minimum absolute atomic E-state index is 0.422. The number of rotatable bonds is 5. The molecule has 0 saturated heterocycles. The Hall–Kier alpha value is -0.730. The molecule has 0 bridgehead atoms. The molecule has 3 heteroatoms. The maximum Gasteiger partial charge on any atom is 0.312 e. The van der Waals surface area contributed by atoms with Crippen LogP contribution >= 0.6 is 0 Å². The van der Waals surface area contributed by atoms with Crippen molar-refractivity contribution in [1.82, 2.24) is 5.32 Å². The Balaban J connectivity index is 2.97. The van der Waals surface area contributed by atoms with E-state index in [-0.39, 0.29) is 0 Å². The highest BCUT2D eigenvalue weighted by Crippen LogP contribution is 2.04. The lowest BCUT2D eigenvalue weighted by Gasteiger charge is -2.03. The van der Waals surface area contributed by atoms with E-state index in [1.807, 2.05) is 0 Å². The van der Waals surface area contributed by atoms with E-state index in [1.54, 1.807) is 0 Å². The number of carbonyl (C=O) groups is 1. The summed E-state index contributed by atoms with van der Waals surface area (Å²) in [7, 11) is 0. The summed E-state index contributed by atoms with van der Waals surface area (Å²) in [6, 6.07) is -0.422. The molecular weight excluding hydrogens is 140 g/mol. The number of amides is 2. The van der Waals surface area contributed by atoms with Gasteiger partial charge in [0.1, 0.15) is 0 Å². The summed E-state index contributed by atoms with van der Waals surface area (Å²) in [4.78, 5) is 10.2. The molecule has 0 rings (SSSR count). The van der Waals surface area contributed by atoms with E-state index in [4.69, 9.17) is 5.73 Å². The van der Waals surface area contributed by atoms with Crippen molar-refractivity contribution in [2.75, 3.05) is 6.54 Å². The monoisotopic (exact) mass is 158 g/mol. The average Bonchev–Trinajstić information content (AvgIpc) is 1.85. The van der Waals surface area contributed by atoms with Gasteiger partial charge in [-0.3, -0.25) is 0 Å². The normalized spacial score (nSPS) is 10.1. The topological polar surface area (TPSA) is 55.1 Å². The molecule has 0 saturated carbocycles. The van der Waals surface area contributed by atoms with Gasteiger partial charge in [0.25, 0.3) is 0 Å². The first kappa shape index (κ1) is 10.3. The van der Waals surface area contributed by atoms with Gasteiger partial charge < -0.3 is 11.1 Å². The summed E-state index contributed by atoms with van der Waals surface area (Å²) in [5.41, 5.74) is 4.88. The van der Waals surface area contributed by atoms with Gasteiger partial charge in [-0.15, -0.1) is 0 Å². The van der Waals surface area contributed by atoms with Crippen LogP contribution in [0.4, 0.5) is 4.79 Å². The minimum Gasteiger partial charge on any atom is -0.352 e. The Kier molecular flexibility index (Phi) is 5.61. The number of primary amides is 1. The summed E-state index contributed by atoms with van der Waals surface area (Å²) >= 11 is 0. The van der Waals surface area contributed by atoms with Crippen LogP contribution in [0.1, 0.15) is 33.1 Å². The smallest absolute Gasteiger partial charge is 0.312 e. The van der Waals surface area contributed by atoms with Gasteiger partial charge in [-0.1, -0.05) is 26.7 Å². The van der Waals surface area contributed by atoms with Crippen molar-refractivity contribution in [3.63, 3.8) is 0 Å². The summed E-state index contributed by atoms with van der Waals surface area (Å²) in [6.07, 6.45) is 3.42. The maximum absolute atomic E-state index is 10.2. The Morgan fingerprint density at radius 2 is 2.09 bits per heavy atom. The predicted octanol–water partition coefficient (Wildman–Crippen LogP) is 1.48. The van der Waals surface area contributed by atoms with Crippen molar-refractivity contribution >= 4 is 6.03 Å². The van der Waals surface area contributed by atoms with E-state index in [2.05, 4.69) is 19.2 Å². The van der Waals surface area contributed by atoms with Crippen LogP contribution in [0.15, 0.2) is 0 Å². The third-order valence-electron chi connectivity index (χ3n) is 1.51. The van der Waals surface area contributed by atoms with E-state index < -0.39 is 6.03 Å². The predicted molar refractivity (Wildman–Crippen MR) is 46.3 cm³/mol. The van der Waals surface area contributed by atoms with Crippen molar-refractivity contribution in [2.24, 2.45) is 11.7 Å². The molecule has 0 spiro atoms. The maximum atomic E-state index is 10.2. The summed E-state index contributed by atoms with van der Waals surface area (Å²) < 4.78 is 0. The van der Waals surface area contributed by atoms with Gasteiger partial charge in [-0.2, -0.15) is 0 Å². The Morgan fingerprint density at radius 1 is 1.45 bits per heavy atom. The molecule has 0 aromatic carbocycles. The third-order valence-corrected chi connectivity index (χ3v) is 1.51. The summed E-state index contributed by atoms with van der Waals surface area (Å²) in [6.45, 7) is 5.10. The van der Waals surface area contributed by atoms with Crippen molar-refractivity contribution in [1.29, 1.82) is 0 Å². The Morgan fingerprint density at radius 3 is 2.55 bits per heavy atom. The molecule has 0 aliphatic rings. The molecule has 0 aromatic heterocycles. The zero-order valence-electron chi connectivity index (χ0n) is 7.39. The van der Waals surface area contributed by atoms with Crippen LogP contribution in [0, 0.1) is 5.92 Å². The first-order chi connectivity index (χ1) is 5.13. The highest BCUT2D eigenvalue weighted by atomic mass is 16.2. The molecule has 3 nitrogen and oxygen atoms in total. The lowest BCUT2D eigenvalue weighted by molar-refractivity contribution is 0.248. The molecule has 0 atom stereocenters. The third kappa shape index (κ3) is 9.27. The number of hydrogen-bond acceptors (Lipinski definition) is 1. The molecule has 0 heterocycles. The van der Waals surface area contributed by atoms with Crippen LogP contribution < -0.4 is 11.1 Å². The summed E-state index contributed by atoms with van der Waals surface area (Å²) in [5.74, 6) is 0.753. The Bertz CT molecular complexity index is 113. The van der Waals surface area contributed by atoms with E-state index >= 15 is 0 Å². The van der Waals surface area contributed by atoms with E-state index in [0.29, 0.717) is 6.54 Å². The number of urea groups is 1. The number of nitrogens with one attached hydrogen (secondary N) is 1. The quantitative estimate of drug-likeness (QED) is 0.585. The van der Waals surface area contributed by atoms with Crippen LogP contribution in [-0.4, -0.2) is 12.6 Å². The molecule has 0 aromatic rings. The van der Waals surface area contributed by atoms with Gasteiger partial charge in [0.05, 0.1) is 0 Å². The molecule has 0 aliphatic carbocycles. The van der Waals surface area contributed by atoms with Crippen LogP contribution in [-0.2, 0) is 0 Å². The van der Waals surface area contributed by atoms with Crippen LogP contribution in [0.3, 0.4) is 0 Å². The lowest BCUT2D eigenvalue weighted by Crippen LogP contribution is -2.29. The largest absolute Gasteiger partial charge is 0.352 e. The van der Waals surface area contributed by atoms with Gasteiger partial charge >= 0.3 is 6.03 Å². The second-order valence-electron chi connectivity index (χ2n) is 3.18. The minimum atomic E-state index is -0.422. The molecule has 0 aliphatic heterocycles. The first-order valence-electron chi connectivity index (χ1n) is 4.16. The standard InChI is InChI=1S/C8H18N2O/c1-7(2)5-3-4-6-10-8(9)11/h7H,3-6H2,1-2H3,(H3,9,10,11). The molecule has 0 unspecified atom stereocenters. The summed E-state index contributed by atoms with van der Waals surface area (Å²) in [5, 5.41) is 2.56. The van der Waals surface area contributed by atoms with Crippen molar-refractivity contribution in [3.05, 3.63) is 0 Å². The van der Waals surface area contributed by atoms with Crippen LogP contribution in [0.25, 0.3) is 0 Å². The fourth-order valence-electron chi connectivity index (χ4n) is 0.889. The first-order valence-corrected chi connectivity index (χ1v) is 4.16. The average molecular weight is 158 g/mol. The number of hydrogen-bond donors (Lipinski definition) is 2. The fraction of sp³-hybridized carbons (Fsp3) is 0.875. The highest BCUT2D eigenvalue weighted by molar-refractivity contribution is 5.71. The molecule has 66 valence electrons. The second-order valence-corrected chi connectivity index (χ2v) is 3.18. The SMILES string of the molecule is CC(C)CCCCNC(N)=O. The van der Waals surface area contributed by atoms with E-state index in [9.17, 15) is 4.79 Å². The van der Waals surface area contributed by atoms with E-state index in [1.165, 1.54) is 6.42 Å². The van der Waals surface area contributed by atoms with Crippen molar-refractivity contribution in [2.45, 2.75) is 33.1 Å². The number of unbranched alkanes of at least 4 members (excludes halogenated alkanes) is 1. The highest BCUT2D eigenvalue weighted by Gasteiger charge is 1.94. The number of nitrogens with two attached hydrogens (primary N) is 1. The zero-order chi connectivity index (χ0) is 8.69. The van der Waals surface area contributed by atoms with Crippen LogP contribution in [0.2, 0.25) is 0 Å².